The second-order valence-electron chi connectivity index (χ2n) is 8.85. The first kappa shape index (κ1) is 30.9. The van der Waals surface area contributed by atoms with Crippen molar-refractivity contribution in [2.75, 3.05) is 19.8 Å². The summed E-state index contributed by atoms with van der Waals surface area (Å²) in [5, 5.41) is 9.86. The standard InChI is InChI=1S/C26H50O6/c1-4-6-7-8-9-10-11-12-13-14-15-16-17-18-19-30-21-24(28)22-31-26(29)20-25(5-2)32-23(3)27/h24-25,28H,4-22H2,1-3H3. The van der Waals surface area contributed by atoms with E-state index in [2.05, 4.69) is 6.92 Å². The van der Waals surface area contributed by atoms with Crippen molar-refractivity contribution in [2.24, 2.45) is 0 Å². The van der Waals surface area contributed by atoms with Crippen LogP contribution in [0, 0.1) is 0 Å². The zero-order valence-corrected chi connectivity index (χ0v) is 21.1. The predicted octanol–water partition coefficient (Wildman–Crippen LogP) is 6.12. The van der Waals surface area contributed by atoms with Crippen LogP contribution in [0.15, 0.2) is 0 Å². The van der Waals surface area contributed by atoms with Gasteiger partial charge in [0.15, 0.2) is 0 Å². The van der Waals surface area contributed by atoms with Crippen LogP contribution in [0.5, 0.6) is 0 Å². The van der Waals surface area contributed by atoms with Crippen LogP contribution in [0.25, 0.3) is 0 Å². The highest BCUT2D eigenvalue weighted by atomic mass is 16.6. The Hall–Kier alpha value is -1.14. The predicted molar refractivity (Wildman–Crippen MR) is 129 cm³/mol. The summed E-state index contributed by atoms with van der Waals surface area (Å²) in [6, 6.07) is 0. The van der Waals surface area contributed by atoms with Gasteiger partial charge in [0.2, 0.25) is 0 Å². The van der Waals surface area contributed by atoms with Crippen molar-refractivity contribution in [3.8, 4) is 0 Å². The molecule has 0 aromatic carbocycles. The number of hydrogen-bond acceptors (Lipinski definition) is 6. The Morgan fingerprint density at radius 1 is 0.750 bits per heavy atom. The molecule has 0 aliphatic rings. The number of unbranched alkanes of at least 4 members (excludes halogenated alkanes) is 13. The number of aliphatic hydroxyl groups is 1. The summed E-state index contributed by atoms with van der Waals surface area (Å²) >= 11 is 0. The third-order valence-electron chi connectivity index (χ3n) is 5.57. The van der Waals surface area contributed by atoms with Crippen molar-refractivity contribution in [1.29, 1.82) is 0 Å². The van der Waals surface area contributed by atoms with Gasteiger partial charge in [0.1, 0.15) is 18.8 Å². The van der Waals surface area contributed by atoms with Gasteiger partial charge in [0.05, 0.1) is 13.0 Å². The molecule has 0 bridgehead atoms. The van der Waals surface area contributed by atoms with E-state index in [4.69, 9.17) is 14.2 Å². The zero-order valence-electron chi connectivity index (χ0n) is 21.1. The fourth-order valence-electron chi connectivity index (χ4n) is 3.60. The molecule has 0 heterocycles. The van der Waals surface area contributed by atoms with Gasteiger partial charge >= 0.3 is 11.9 Å². The van der Waals surface area contributed by atoms with Crippen LogP contribution in [0.1, 0.15) is 124 Å². The summed E-state index contributed by atoms with van der Waals surface area (Å²) in [5.41, 5.74) is 0. The van der Waals surface area contributed by atoms with E-state index < -0.39 is 24.1 Å². The van der Waals surface area contributed by atoms with Gasteiger partial charge in [-0.05, 0) is 12.8 Å². The summed E-state index contributed by atoms with van der Waals surface area (Å²) in [6.45, 7) is 6.09. The lowest BCUT2D eigenvalue weighted by Gasteiger charge is -2.15. The molecule has 0 saturated carbocycles. The van der Waals surface area contributed by atoms with Crippen LogP contribution in [-0.4, -0.2) is 49.1 Å². The van der Waals surface area contributed by atoms with E-state index >= 15 is 0 Å². The molecule has 1 N–H and O–H groups in total. The fraction of sp³-hybridized carbons (Fsp3) is 0.923. The highest BCUT2D eigenvalue weighted by Crippen LogP contribution is 2.13. The Bertz CT molecular complexity index is 440. The Labute approximate surface area is 196 Å². The molecule has 6 heteroatoms. The molecule has 190 valence electrons. The number of aliphatic hydroxyl groups excluding tert-OH is 1. The molecule has 0 spiro atoms. The van der Waals surface area contributed by atoms with E-state index in [0.717, 1.165) is 12.8 Å². The zero-order chi connectivity index (χ0) is 23.9. The van der Waals surface area contributed by atoms with Gasteiger partial charge in [-0.1, -0.05) is 97.3 Å². The maximum Gasteiger partial charge on any atom is 0.309 e. The molecule has 0 rings (SSSR count). The summed E-state index contributed by atoms with van der Waals surface area (Å²) < 4.78 is 15.5. The first-order valence-electron chi connectivity index (χ1n) is 13.1. The lowest BCUT2D eigenvalue weighted by atomic mass is 10.0. The summed E-state index contributed by atoms with van der Waals surface area (Å²) in [6.07, 6.45) is 17.7. The van der Waals surface area contributed by atoms with Gasteiger partial charge < -0.3 is 19.3 Å². The molecule has 0 aromatic rings. The molecule has 0 aliphatic heterocycles. The first-order chi connectivity index (χ1) is 15.5. The van der Waals surface area contributed by atoms with E-state index in [9.17, 15) is 14.7 Å². The average molecular weight is 459 g/mol. The first-order valence-corrected chi connectivity index (χ1v) is 13.1. The molecule has 0 saturated heterocycles. The number of hydrogen-bond donors (Lipinski definition) is 1. The van der Waals surface area contributed by atoms with Crippen molar-refractivity contribution >= 4 is 11.9 Å². The van der Waals surface area contributed by atoms with Crippen LogP contribution in [-0.2, 0) is 23.8 Å². The lowest BCUT2D eigenvalue weighted by molar-refractivity contribution is -0.155. The second kappa shape index (κ2) is 23.0. The quantitative estimate of drug-likeness (QED) is 0.147. The largest absolute Gasteiger partial charge is 0.463 e. The van der Waals surface area contributed by atoms with Gasteiger partial charge in [-0.25, -0.2) is 0 Å². The molecule has 0 radical (unpaired) electrons. The topological polar surface area (TPSA) is 82.1 Å². The molecule has 2 atom stereocenters. The van der Waals surface area contributed by atoms with Gasteiger partial charge in [0, 0.05) is 13.5 Å². The number of carbonyl (C=O) groups is 2. The summed E-state index contributed by atoms with van der Waals surface area (Å²) in [4.78, 5) is 22.7. The Morgan fingerprint density at radius 3 is 1.72 bits per heavy atom. The van der Waals surface area contributed by atoms with Crippen molar-refractivity contribution in [3.63, 3.8) is 0 Å². The van der Waals surface area contributed by atoms with Crippen LogP contribution >= 0.6 is 0 Å². The molecule has 0 fully saturated rings. The van der Waals surface area contributed by atoms with Crippen LogP contribution < -0.4 is 0 Å². The Balaban J connectivity index is 3.39. The molecule has 32 heavy (non-hydrogen) atoms. The SMILES string of the molecule is CCCCCCCCCCCCCCCCOCC(O)COC(=O)CC(CC)OC(C)=O. The second-order valence-corrected chi connectivity index (χ2v) is 8.85. The molecule has 0 aliphatic carbocycles. The maximum atomic E-state index is 11.8. The summed E-state index contributed by atoms with van der Waals surface area (Å²) in [7, 11) is 0. The van der Waals surface area contributed by atoms with Gasteiger partial charge in [-0.2, -0.15) is 0 Å². The minimum atomic E-state index is -0.834. The molecular weight excluding hydrogens is 408 g/mol. The van der Waals surface area contributed by atoms with Gasteiger partial charge in [-0.3, -0.25) is 9.59 Å². The van der Waals surface area contributed by atoms with Crippen molar-refractivity contribution < 1.29 is 28.9 Å². The normalized spacial score (nSPS) is 13.0. The van der Waals surface area contributed by atoms with Crippen molar-refractivity contribution in [1.82, 2.24) is 0 Å². The van der Waals surface area contributed by atoms with Crippen LogP contribution in [0.3, 0.4) is 0 Å². The van der Waals surface area contributed by atoms with E-state index in [0.29, 0.717) is 13.0 Å². The number of rotatable bonds is 23. The monoisotopic (exact) mass is 458 g/mol. The smallest absolute Gasteiger partial charge is 0.309 e. The maximum absolute atomic E-state index is 11.8. The molecule has 0 aromatic heterocycles. The van der Waals surface area contributed by atoms with Crippen LogP contribution in [0.2, 0.25) is 0 Å². The minimum absolute atomic E-state index is 0.00268. The fourth-order valence-corrected chi connectivity index (χ4v) is 3.60. The molecule has 6 nitrogen and oxygen atoms in total. The van der Waals surface area contributed by atoms with Crippen LogP contribution in [0.4, 0.5) is 0 Å². The van der Waals surface area contributed by atoms with E-state index in [1.165, 1.54) is 84.0 Å². The van der Waals surface area contributed by atoms with E-state index in [1.807, 2.05) is 6.92 Å². The third-order valence-corrected chi connectivity index (χ3v) is 5.57. The number of carbonyl (C=O) groups excluding carboxylic acids is 2. The number of esters is 2. The summed E-state index contributed by atoms with van der Waals surface area (Å²) in [5.74, 6) is -0.897. The highest BCUT2D eigenvalue weighted by molar-refractivity contribution is 5.71. The minimum Gasteiger partial charge on any atom is -0.463 e. The number of ether oxygens (including phenoxy) is 3. The third kappa shape index (κ3) is 22.1. The lowest BCUT2D eigenvalue weighted by Crippen LogP contribution is -2.26. The Kier molecular flexibility index (Phi) is 22.2. The Morgan fingerprint density at radius 2 is 1.25 bits per heavy atom. The van der Waals surface area contributed by atoms with E-state index in [-0.39, 0.29) is 19.6 Å². The molecular formula is C26H50O6. The molecule has 2 unspecified atom stereocenters. The van der Waals surface area contributed by atoms with Gasteiger partial charge in [0.25, 0.3) is 0 Å². The average Bonchev–Trinajstić information content (AvgIpc) is 2.76. The van der Waals surface area contributed by atoms with Crippen molar-refractivity contribution in [2.45, 2.75) is 136 Å². The van der Waals surface area contributed by atoms with E-state index in [1.54, 1.807) is 0 Å². The van der Waals surface area contributed by atoms with Crippen molar-refractivity contribution in [3.05, 3.63) is 0 Å². The van der Waals surface area contributed by atoms with Gasteiger partial charge in [-0.15, -0.1) is 0 Å². The highest BCUT2D eigenvalue weighted by Gasteiger charge is 2.17. The molecule has 0 amide bonds.